The molecule has 1 aliphatic carbocycles. The SMILES string of the molecule is CC1(C)C(NC(=O)c2cc(F)c(F)cc2N)C1(C)C. The van der Waals surface area contributed by atoms with Crippen molar-refractivity contribution >= 4 is 11.6 Å². The fourth-order valence-corrected chi connectivity index (χ4v) is 2.52. The van der Waals surface area contributed by atoms with Gasteiger partial charge in [0, 0.05) is 17.8 Å². The minimum atomic E-state index is -1.08. The summed E-state index contributed by atoms with van der Waals surface area (Å²) in [5.41, 5.74) is 5.40. The van der Waals surface area contributed by atoms with Crippen LogP contribution >= 0.6 is 0 Å². The molecule has 0 unspecified atom stereocenters. The minimum Gasteiger partial charge on any atom is -0.398 e. The molecule has 3 nitrogen and oxygen atoms in total. The lowest BCUT2D eigenvalue weighted by Crippen LogP contribution is -2.30. The molecule has 0 atom stereocenters. The molecule has 1 saturated carbocycles. The number of hydrogen-bond donors (Lipinski definition) is 2. The Morgan fingerprint density at radius 3 is 2.11 bits per heavy atom. The molecule has 2 rings (SSSR count). The highest BCUT2D eigenvalue weighted by Gasteiger charge is 2.65. The number of amides is 1. The van der Waals surface area contributed by atoms with Crippen LogP contribution in [-0.2, 0) is 0 Å². The van der Waals surface area contributed by atoms with Crippen molar-refractivity contribution in [2.24, 2.45) is 10.8 Å². The standard InChI is InChI=1S/C14H18F2N2O/c1-13(2)12(14(13,3)4)18-11(19)7-5-8(15)9(16)6-10(7)17/h5-6,12H,17H2,1-4H3,(H,18,19). The van der Waals surface area contributed by atoms with Crippen molar-refractivity contribution in [1.29, 1.82) is 0 Å². The molecular formula is C14H18F2N2O. The van der Waals surface area contributed by atoms with E-state index in [1.807, 2.05) is 27.7 Å². The summed E-state index contributed by atoms with van der Waals surface area (Å²) in [6, 6.07) is 1.65. The predicted molar refractivity (Wildman–Crippen MR) is 69.6 cm³/mol. The number of rotatable bonds is 2. The number of halogens is 2. The number of carbonyl (C=O) groups excluding carboxylic acids is 1. The highest BCUT2D eigenvalue weighted by Crippen LogP contribution is 2.62. The van der Waals surface area contributed by atoms with Crippen molar-refractivity contribution in [2.75, 3.05) is 5.73 Å². The second kappa shape index (κ2) is 3.92. The van der Waals surface area contributed by atoms with Gasteiger partial charge in [-0.3, -0.25) is 4.79 Å². The van der Waals surface area contributed by atoms with E-state index in [4.69, 9.17) is 5.73 Å². The third-order valence-electron chi connectivity index (χ3n) is 4.63. The molecule has 0 heterocycles. The second-order valence-corrected chi connectivity index (χ2v) is 6.20. The van der Waals surface area contributed by atoms with Crippen LogP contribution in [0.2, 0.25) is 0 Å². The first-order chi connectivity index (χ1) is 8.59. The van der Waals surface area contributed by atoms with E-state index in [-0.39, 0.29) is 28.1 Å². The highest BCUT2D eigenvalue weighted by atomic mass is 19.2. The molecule has 104 valence electrons. The van der Waals surface area contributed by atoms with Crippen LogP contribution in [0.25, 0.3) is 0 Å². The Balaban J connectivity index is 2.21. The summed E-state index contributed by atoms with van der Waals surface area (Å²) >= 11 is 0. The third-order valence-corrected chi connectivity index (χ3v) is 4.63. The monoisotopic (exact) mass is 268 g/mol. The van der Waals surface area contributed by atoms with Gasteiger partial charge in [-0.15, -0.1) is 0 Å². The van der Waals surface area contributed by atoms with Crippen LogP contribution < -0.4 is 11.1 Å². The molecule has 5 heteroatoms. The summed E-state index contributed by atoms with van der Waals surface area (Å²) in [6.45, 7) is 8.19. The van der Waals surface area contributed by atoms with Crippen molar-refractivity contribution in [3.63, 3.8) is 0 Å². The predicted octanol–water partition coefficient (Wildman–Crippen LogP) is 2.71. The van der Waals surface area contributed by atoms with E-state index in [9.17, 15) is 13.6 Å². The van der Waals surface area contributed by atoms with Crippen molar-refractivity contribution in [1.82, 2.24) is 5.32 Å². The molecule has 3 N–H and O–H groups in total. The summed E-state index contributed by atoms with van der Waals surface area (Å²) in [6.07, 6.45) is 0. The lowest BCUT2D eigenvalue weighted by atomic mass is 10.0. The molecule has 0 aromatic heterocycles. The number of hydrogen-bond acceptors (Lipinski definition) is 2. The molecule has 1 aromatic rings. The van der Waals surface area contributed by atoms with Crippen LogP contribution in [0.4, 0.5) is 14.5 Å². The number of nitrogens with one attached hydrogen (secondary N) is 1. The maximum absolute atomic E-state index is 13.2. The van der Waals surface area contributed by atoms with Crippen LogP contribution in [0.3, 0.4) is 0 Å². The normalized spacial score (nSPS) is 20.1. The fourth-order valence-electron chi connectivity index (χ4n) is 2.52. The van der Waals surface area contributed by atoms with Crippen LogP contribution in [0.15, 0.2) is 12.1 Å². The molecule has 0 saturated heterocycles. The van der Waals surface area contributed by atoms with Crippen molar-refractivity contribution in [2.45, 2.75) is 33.7 Å². The van der Waals surface area contributed by atoms with E-state index in [2.05, 4.69) is 5.32 Å². The Kier molecular flexibility index (Phi) is 2.84. The molecular weight excluding hydrogens is 250 g/mol. The van der Waals surface area contributed by atoms with Gasteiger partial charge in [0.1, 0.15) is 0 Å². The molecule has 0 aliphatic heterocycles. The van der Waals surface area contributed by atoms with E-state index in [1.54, 1.807) is 0 Å². The largest absolute Gasteiger partial charge is 0.398 e. The highest BCUT2D eigenvalue weighted by molar-refractivity contribution is 5.99. The van der Waals surface area contributed by atoms with E-state index in [0.29, 0.717) is 0 Å². The number of carbonyl (C=O) groups is 1. The molecule has 0 radical (unpaired) electrons. The van der Waals surface area contributed by atoms with Crippen molar-refractivity contribution < 1.29 is 13.6 Å². The van der Waals surface area contributed by atoms with Gasteiger partial charge in [-0.1, -0.05) is 27.7 Å². The molecule has 1 aromatic carbocycles. The summed E-state index contributed by atoms with van der Waals surface area (Å²) in [7, 11) is 0. The smallest absolute Gasteiger partial charge is 0.253 e. The number of nitrogens with two attached hydrogens (primary N) is 1. The van der Waals surface area contributed by atoms with Crippen LogP contribution in [0.5, 0.6) is 0 Å². The first kappa shape index (κ1) is 13.8. The van der Waals surface area contributed by atoms with Gasteiger partial charge >= 0.3 is 0 Å². The van der Waals surface area contributed by atoms with E-state index >= 15 is 0 Å². The fraction of sp³-hybridized carbons (Fsp3) is 0.500. The van der Waals surface area contributed by atoms with E-state index < -0.39 is 17.5 Å². The molecule has 0 spiro atoms. The molecule has 1 aliphatic rings. The average molecular weight is 268 g/mol. The zero-order valence-corrected chi connectivity index (χ0v) is 11.5. The van der Waals surface area contributed by atoms with Crippen LogP contribution in [0.1, 0.15) is 38.1 Å². The van der Waals surface area contributed by atoms with Gasteiger partial charge in [-0.25, -0.2) is 8.78 Å². The number of benzene rings is 1. The van der Waals surface area contributed by atoms with Gasteiger partial charge in [-0.05, 0) is 16.9 Å². The van der Waals surface area contributed by atoms with Gasteiger partial charge < -0.3 is 11.1 Å². The van der Waals surface area contributed by atoms with Gasteiger partial charge in [0.15, 0.2) is 11.6 Å². The van der Waals surface area contributed by atoms with E-state index in [0.717, 1.165) is 12.1 Å². The van der Waals surface area contributed by atoms with Crippen molar-refractivity contribution in [3.8, 4) is 0 Å². The first-order valence-electron chi connectivity index (χ1n) is 6.14. The molecule has 0 bridgehead atoms. The van der Waals surface area contributed by atoms with Gasteiger partial charge in [0.05, 0.1) is 5.56 Å². The zero-order valence-electron chi connectivity index (χ0n) is 11.5. The number of nitrogen functional groups attached to an aromatic ring is 1. The van der Waals surface area contributed by atoms with Gasteiger partial charge in [-0.2, -0.15) is 0 Å². The Labute approximate surface area is 111 Å². The Hall–Kier alpha value is -1.65. The van der Waals surface area contributed by atoms with Gasteiger partial charge in [0.2, 0.25) is 0 Å². The molecule has 1 fully saturated rings. The minimum absolute atomic E-state index is 0.0139. The van der Waals surface area contributed by atoms with Crippen LogP contribution in [-0.4, -0.2) is 11.9 Å². The lowest BCUT2D eigenvalue weighted by molar-refractivity contribution is 0.0944. The van der Waals surface area contributed by atoms with Crippen molar-refractivity contribution in [3.05, 3.63) is 29.3 Å². The average Bonchev–Trinajstić information content (AvgIpc) is 2.66. The topological polar surface area (TPSA) is 55.1 Å². The summed E-state index contributed by atoms with van der Waals surface area (Å²) in [5, 5.41) is 2.83. The summed E-state index contributed by atoms with van der Waals surface area (Å²) in [4.78, 5) is 12.1. The maximum Gasteiger partial charge on any atom is 0.253 e. The quantitative estimate of drug-likeness (QED) is 0.810. The second-order valence-electron chi connectivity index (χ2n) is 6.20. The zero-order chi connectivity index (χ0) is 14.6. The Morgan fingerprint density at radius 2 is 1.63 bits per heavy atom. The number of anilines is 1. The summed E-state index contributed by atoms with van der Waals surface area (Å²) < 4.78 is 26.1. The Bertz CT molecular complexity index is 539. The first-order valence-corrected chi connectivity index (χ1v) is 6.14. The Morgan fingerprint density at radius 1 is 1.16 bits per heavy atom. The summed E-state index contributed by atoms with van der Waals surface area (Å²) in [5.74, 6) is -2.60. The molecule has 1 amide bonds. The van der Waals surface area contributed by atoms with Gasteiger partial charge in [0.25, 0.3) is 5.91 Å². The van der Waals surface area contributed by atoms with E-state index in [1.165, 1.54) is 0 Å². The third kappa shape index (κ3) is 1.97. The van der Waals surface area contributed by atoms with Crippen LogP contribution in [0, 0.1) is 22.5 Å². The lowest BCUT2D eigenvalue weighted by Gasteiger charge is -2.09. The molecule has 19 heavy (non-hydrogen) atoms. The maximum atomic E-state index is 13.2.